The molecule has 1 unspecified atom stereocenters. The molecule has 202 valence electrons. The Morgan fingerprint density at radius 1 is 1.18 bits per heavy atom. The number of hydrogen-bond donors (Lipinski definition) is 2. The Morgan fingerprint density at radius 2 is 1.90 bits per heavy atom. The van der Waals surface area contributed by atoms with E-state index in [1.54, 1.807) is 31.4 Å². The molecule has 1 fully saturated rings. The molecule has 9 heteroatoms. The van der Waals surface area contributed by atoms with Gasteiger partial charge in [-0.15, -0.1) is 0 Å². The zero-order chi connectivity index (χ0) is 27.7. The van der Waals surface area contributed by atoms with Crippen LogP contribution in [-0.2, 0) is 11.3 Å². The summed E-state index contributed by atoms with van der Waals surface area (Å²) in [6.45, 7) is 5.54. The molecule has 39 heavy (non-hydrogen) atoms. The molecule has 1 aliphatic rings. The lowest BCUT2D eigenvalue weighted by atomic mass is 9.89. The molecule has 0 bridgehead atoms. The molecule has 0 aliphatic carbocycles. The number of benzene rings is 2. The molecule has 2 N–H and O–H groups in total. The summed E-state index contributed by atoms with van der Waals surface area (Å²) in [7, 11) is 1.61. The average molecular weight is 549 g/mol. The van der Waals surface area contributed by atoms with Crippen LogP contribution in [0.15, 0.2) is 54.6 Å². The highest BCUT2D eigenvalue weighted by atomic mass is 35.5. The SMILES string of the molecule is COCc1nc(C2CN(C(=O)O)CCN2)c2cc(Cl)c(-c3ccccc3F)nc2c1-c1ccccc1C(C)C. The Bertz CT molecular complexity index is 1540. The number of pyridine rings is 2. The zero-order valence-corrected chi connectivity index (χ0v) is 22.8. The van der Waals surface area contributed by atoms with E-state index in [4.69, 9.17) is 26.3 Å². The van der Waals surface area contributed by atoms with Crippen molar-refractivity contribution in [3.05, 3.63) is 82.4 Å². The maximum atomic E-state index is 14.9. The number of nitrogens with zero attached hydrogens (tertiary/aromatic N) is 3. The summed E-state index contributed by atoms with van der Waals surface area (Å²) < 4.78 is 20.5. The van der Waals surface area contributed by atoms with Gasteiger partial charge in [-0.2, -0.15) is 0 Å². The molecule has 1 atom stereocenters. The van der Waals surface area contributed by atoms with E-state index in [9.17, 15) is 14.3 Å². The normalized spacial score (nSPS) is 15.7. The summed E-state index contributed by atoms with van der Waals surface area (Å²) in [5.74, 6) is -0.207. The van der Waals surface area contributed by atoms with E-state index < -0.39 is 11.9 Å². The number of rotatable bonds is 6. The molecule has 1 amide bonds. The third-order valence-corrected chi connectivity index (χ3v) is 7.36. The van der Waals surface area contributed by atoms with E-state index >= 15 is 0 Å². The number of amides is 1. The molecule has 2 aromatic heterocycles. The number of hydrogen-bond acceptors (Lipinski definition) is 5. The number of nitrogens with one attached hydrogen (secondary N) is 1. The van der Waals surface area contributed by atoms with Crippen LogP contribution in [-0.4, -0.2) is 52.8 Å². The second-order valence-corrected chi connectivity index (χ2v) is 10.3. The number of fused-ring (bicyclic) bond motifs is 1. The highest BCUT2D eigenvalue weighted by Crippen LogP contribution is 2.41. The predicted octanol–water partition coefficient (Wildman–Crippen LogP) is 6.65. The first-order valence-corrected chi connectivity index (χ1v) is 13.2. The zero-order valence-electron chi connectivity index (χ0n) is 22.0. The second-order valence-electron chi connectivity index (χ2n) is 9.92. The van der Waals surface area contributed by atoms with Crippen molar-refractivity contribution in [3.8, 4) is 22.4 Å². The number of carboxylic acid groups (broad SMARTS) is 1. The first-order chi connectivity index (χ1) is 18.8. The van der Waals surface area contributed by atoms with E-state index in [0.29, 0.717) is 46.6 Å². The van der Waals surface area contributed by atoms with Gasteiger partial charge in [-0.25, -0.2) is 14.2 Å². The van der Waals surface area contributed by atoms with Crippen LogP contribution in [0.2, 0.25) is 5.02 Å². The van der Waals surface area contributed by atoms with Crippen LogP contribution in [0.1, 0.15) is 42.8 Å². The smallest absolute Gasteiger partial charge is 0.407 e. The van der Waals surface area contributed by atoms with Crippen LogP contribution in [0.3, 0.4) is 0 Å². The molecular formula is C30H30ClFN4O3. The summed E-state index contributed by atoms with van der Waals surface area (Å²) in [5, 5.41) is 14.0. The highest BCUT2D eigenvalue weighted by Gasteiger charge is 2.30. The molecule has 3 heterocycles. The fraction of sp³-hybridized carbons (Fsp3) is 0.300. The van der Waals surface area contributed by atoms with Gasteiger partial charge < -0.3 is 20.1 Å². The number of ether oxygens (including phenoxy) is 1. The van der Waals surface area contributed by atoms with Crippen LogP contribution in [0.5, 0.6) is 0 Å². The van der Waals surface area contributed by atoms with Gasteiger partial charge in [0.15, 0.2) is 0 Å². The largest absolute Gasteiger partial charge is 0.465 e. The van der Waals surface area contributed by atoms with Gasteiger partial charge in [0, 0.05) is 43.3 Å². The lowest BCUT2D eigenvalue weighted by Gasteiger charge is -2.32. The van der Waals surface area contributed by atoms with Crippen molar-refractivity contribution in [3.63, 3.8) is 0 Å². The number of carbonyl (C=O) groups is 1. The van der Waals surface area contributed by atoms with Gasteiger partial charge in [-0.1, -0.05) is 61.8 Å². The van der Waals surface area contributed by atoms with Crippen molar-refractivity contribution < 1.29 is 19.0 Å². The topological polar surface area (TPSA) is 87.6 Å². The Kier molecular flexibility index (Phi) is 7.79. The number of piperazine rings is 1. The molecule has 1 aliphatic heterocycles. The molecule has 4 aromatic rings. The lowest BCUT2D eigenvalue weighted by Crippen LogP contribution is -2.48. The third-order valence-electron chi connectivity index (χ3n) is 7.07. The van der Waals surface area contributed by atoms with E-state index in [1.807, 2.05) is 18.2 Å². The van der Waals surface area contributed by atoms with Crippen LogP contribution >= 0.6 is 11.6 Å². The molecule has 0 radical (unpaired) electrons. The van der Waals surface area contributed by atoms with Gasteiger partial charge >= 0.3 is 6.09 Å². The Labute approximate surface area is 231 Å². The van der Waals surface area contributed by atoms with Gasteiger partial charge in [-0.05, 0) is 35.2 Å². The van der Waals surface area contributed by atoms with Crippen LogP contribution in [0.4, 0.5) is 9.18 Å². The number of halogens is 2. The molecule has 5 rings (SSSR count). The summed E-state index contributed by atoms with van der Waals surface area (Å²) >= 11 is 6.77. The Morgan fingerprint density at radius 3 is 2.59 bits per heavy atom. The first-order valence-electron chi connectivity index (χ1n) is 12.9. The average Bonchev–Trinajstić information content (AvgIpc) is 2.93. The van der Waals surface area contributed by atoms with E-state index in [-0.39, 0.29) is 30.1 Å². The van der Waals surface area contributed by atoms with Crippen LogP contribution in [0, 0.1) is 5.82 Å². The molecular weight excluding hydrogens is 519 g/mol. The van der Waals surface area contributed by atoms with Gasteiger partial charge in [0.2, 0.25) is 0 Å². The standard InChI is InChI=1S/C30H30ClFN4O3/c1-17(2)18-8-4-5-9-19(18)26-25(16-39-3)34-28(24-15-36(30(37)38)13-12-33-24)21-14-22(31)27(35-29(21)26)20-10-6-7-11-23(20)32/h4-11,14,17,24,33H,12-13,15-16H2,1-3H3,(H,37,38). The lowest BCUT2D eigenvalue weighted by molar-refractivity contribution is 0.128. The fourth-order valence-electron chi connectivity index (χ4n) is 5.24. The minimum Gasteiger partial charge on any atom is -0.465 e. The van der Waals surface area contributed by atoms with Gasteiger partial charge in [-0.3, -0.25) is 4.98 Å². The monoisotopic (exact) mass is 548 g/mol. The predicted molar refractivity (Wildman–Crippen MR) is 151 cm³/mol. The molecule has 0 saturated carbocycles. The van der Waals surface area contributed by atoms with Crippen LogP contribution < -0.4 is 5.32 Å². The maximum absolute atomic E-state index is 14.9. The maximum Gasteiger partial charge on any atom is 0.407 e. The minimum absolute atomic E-state index is 0.208. The van der Waals surface area contributed by atoms with E-state index in [1.165, 1.54) is 11.0 Å². The summed E-state index contributed by atoms with van der Waals surface area (Å²) in [5.41, 5.74) is 5.39. The molecule has 0 spiro atoms. The van der Waals surface area contributed by atoms with Gasteiger partial charge in [0.05, 0.1) is 40.3 Å². The Balaban J connectivity index is 1.86. The quantitative estimate of drug-likeness (QED) is 0.280. The number of methoxy groups -OCH3 is 1. The highest BCUT2D eigenvalue weighted by molar-refractivity contribution is 6.34. The minimum atomic E-state index is -0.983. The first kappa shape index (κ1) is 27.0. The van der Waals surface area contributed by atoms with E-state index in [0.717, 1.165) is 16.7 Å². The van der Waals surface area contributed by atoms with Crippen molar-refractivity contribution in [2.45, 2.75) is 32.4 Å². The molecule has 1 saturated heterocycles. The van der Waals surface area contributed by atoms with Crippen molar-refractivity contribution in [2.24, 2.45) is 0 Å². The van der Waals surface area contributed by atoms with E-state index in [2.05, 4.69) is 25.2 Å². The van der Waals surface area contributed by atoms with Crippen molar-refractivity contribution >= 4 is 28.6 Å². The fourth-order valence-corrected chi connectivity index (χ4v) is 5.49. The van der Waals surface area contributed by atoms with Crippen LogP contribution in [0.25, 0.3) is 33.3 Å². The third kappa shape index (κ3) is 5.20. The molecule has 7 nitrogen and oxygen atoms in total. The Hall–Kier alpha value is -3.59. The van der Waals surface area contributed by atoms with Crippen molar-refractivity contribution in [2.75, 3.05) is 26.7 Å². The van der Waals surface area contributed by atoms with Gasteiger partial charge in [0.1, 0.15) is 5.82 Å². The second kappa shape index (κ2) is 11.3. The van der Waals surface area contributed by atoms with Crippen molar-refractivity contribution in [1.29, 1.82) is 0 Å². The van der Waals surface area contributed by atoms with Gasteiger partial charge in [0.25, 0.3) is 0 Å². The summed E-state index contributed by atoms with van der Waals surface area (Å²) in [6.07, 6.45) is -0.983. The summed E-state index contributed by atoms with van der Waals surface area (Å²) in [4.78, 5) is 23.2. The number of aromatic nitrogens is 2. The van der Waals surface area contributed by atoms with Crippen molar-refractivity contribution in [1.82, 2.24) is 20.2 Å². The molecule has 2 aromatic carbocycles. The summed E-state index contributed by atoms with van der Waals surface area (Å²) in [6, 6.07) is 15.9.